The molecule has 3 amide bonds. The monoisotopic (exact) mass is 567 g/mol. The molecule has 1 saturated heterocycles. The van der Waals surface area contributed by atoms with Gasteiger partial charge >= 0.3 is 12.2 Å². The van der Waals surface area contributed by atoms with Gasteiger partial charge in [0.05, 0.1) is 5.56 Å². The van der Waals surface area contributed by atoms with Crippen LogP contribution in [0.2, 0.25) is 5.02 Å². The Kier molecular flexibility index (Phi) is 8.12. The van der Waals surface area contributed by atoms with Crippen LogP contribution in [0.25, 0.3) is 0 Å². The van der Waals surface area contributed by atoms with Gasteiger partial charge in [0.25, 0.3) is 0 Å². The summed E-state index contributed by atoms with van der Waals surface area (Å²) in [6.07, 6.45) is -0.712. The largest absolute Gasteiger partial charge is 0.416 e. The van der Waals surface area contributed by atoms with Crippen LogP contribution in [0.4, 0.5) is 33.7 Å². The van der Waals surface area contributed by atoms with Crippen LogP contribution in [0.3, 0.4) is 0 Å². The van der Waals surface area contributed by atoms with Crippen LogP contribution in [0.15, 0.2) is 52.4 Å². The molecule has 2 aliphatic rings. The third-order valence-electron chi connectivity index (χ3n) is 6.53. The summed E-state index contributed by atoms with van der Waals surface area (Å²) in [5.41, 5.74) is 5.13. The highest BCUT2D eigenvalue weighted by atomic mass is 35.5. The Morgan fingerprint density at radius 3 is 2.56 bits per heavy atom. The standard InChI is InChI=1S/C25H26ClF4N7O2/c1-36(20-12-15(24(28,29)30)11-16(26)13-20)23(39)34-19-3-2-10-37(14-19)25(21(22(31)38)32-8-9-33-25)35-18-6-4-17(27)5-7-18/h4-9,11-13,19,21,35H,2-3,10,14H2,1H3,(H2,31,38)(H,34,39). The molecule has 9 nitrogen and oxygen atoms in total. The van der Waals surface area contributed by atoms with Gasteiger partial charge in [-0.15, -0.1) is 0 Å². The maximum absolute atomic E-state index is 13.5. The molecule has 2 aromatic rings. The smallest absolute Gasteiger partial charge is 0.368 e. The van der Waals surface area contributed by atoms with E-state index in [1.807, 2.05) is 4.90 Å². The van der Waals surface area contributed by atoms with Gasteiger partial charge in [-0.1, -0.05) is 11.6 Å². The third kappa shape index (κ3) is 6.31. The van der Waals surface area contributed by atoms with Gasteiger partial charge in [-0.2, -0.15) is 13.2 Å². The van der Waals surface area contributed by atoms with E-state index >= 15 is 0 Å². The Balaban J connectivity index is 1.55. The van der Waals surface area contributed by atoms with Crippen molar-refractivity contribution in [2.24, 2.45) is 15.7 Å². The maximum atomic E-state index is 13.5. The lowest BCUT2D eigenvalue weighted by Gasteiger charge is -2.48. The van der Waals surface area contributed by atoms with Crippen molar-refractivity contribution in [3.05, 3.63) is 58.9 Å². The number of halogens is 5. The molecule has 2 aliphatic heterocycles. The zero-order valence-electron chi connectivity index (χ0n) is 20.8. The first-order chi connectivity index (χ1) is 18.4. The number of benzene rings is 2. The van der Waals surface area contributed by atoms with E-state index in [0.717, 1.165) is 17.0 Å². The zero-order valence-corrected chi connectivity index (χ0v) is 21.5. The highest BCUT2D eigenvalue weighted by molar-refractivity contribution is 6.31. The first-order valence-electron chi connectivity index (χ1n) is 12.0. The summed E-state index contributed by atoms with van der Waals surface area (Å²) in [4.78, 5) is 37.1. The fraction of sp³-hybridized carbons (Fsp3) is 0.360. The van der Waals surface area contributed by atoms with Crippen LogP contribution < -0.4 is 21.3 Å². The molecule has 0 saturated carbocycles. The summed E-state index contributed by atoms with van der Waals surface area (Å²) >= 11 is 5.88. The number of alkyl halides is 3. The molecule has 14 heteroatoms. The van der Waals surface area contributed by atoms with Gasteiger partial charge in [0.2, 0.25) is 11.7 Å². The van der Waals surface area contributed by atoms with Crippen LogP contribution in [0.1, 0.15) is 18.4 Å². The van der Waals surface area contributed by atoms with E-state index in [4.69, 9.17) is 17.3 Å². The molecule has 0 aromatic heterocycles. The molecule has 4 rings (SSSR count). The van der Waals surface area contributed by atoms with Gasteiger partial charge in [-0.25, -0.2) is 14.2 Å². The first kappa shape index (κ1) is 28.3. The van der Waals surface area contributed by atoms with Crippen LogP contribution in [0, 0.1) is 5.82 Å². The molecule has 1 fully saturated rings. The SMILES string of the molecule is CN(C(=O)NC1CCCN(C2(Nc3ccc(F)cc3)N=CC=NC2C(N)=O)C1)c1cc(Cl)cc(C(F)(F)F)c1. The predicted octanol–water partition coefficient (Wildman–Crippen LogP) is 3.88. The fourth-order valence-corrected chi connectivity index (χ4v) is 4.85. The number of piperidine rings is 1. The molecule has 0 spiro atoms. The number of likely N-dealkylation sites (tertiary alicyclic amines) is 1. The Hall–Kier alpha value is -3.71. The van der Waals surface area contributed by atoms with E-state index in [0.29, 0.717) is 25.1 Å². The van der Waals surface area contributed by atoms with Crippen LogP contribution in [0.5, 0.6) is 0 Å². The molecule has 4 N–H and O–H groups in total. The van der Waals surface area contributed by atoms with Crippen molar-refractivity contribution in [3.8, 4) is 0 Å². The summed E-state index contributed by atoms with van der Waals surface area (Å²) in [5, 5.41) is 5.85. The van der Waals surface area contributed by atoms with E-state index in [1.54, 1.807) is 0 Å². The van der Waals surface area contributed by atoms with E-state index in [9.17, 15) is 27.2 Å². The van der Waals surface area contributed by atoms with Gasteiger partial charge in [-0.05, 0) is 55.3 Å². The molecule has 3 atom stereocenters. The number of carbonyl (C=O) groups excluding carboxylic acids is 2. The third-order valence-corrected chi connectivity index (χ3v) is 6.75. The second kappa shape index (κ2) is 11.2. The summed E-state index contributed by atoms with van der Waals surface area (Å²) in [5.74, 6) is -2.65. The number of primary amides is 1. The topological polar surface area (TPSA) is 115 Å². The van der Waals surface area contributed by atoms with Crippen molar-refractivity contribution in [2.75, 3.05) is 30.4 Å². The number of rotatable bonds is 6. The van der Waals surface area contributed by atoms with Gasteiger partial charge < -0.3 is 16.4 Å². The Morgan fingerprint density at radius 2 is 1.90 bits per heavy atom. The number of anilines is 2. The van der Waals surface area contributed by atoms with E-state index < -0.39 is 47.4 Å². The maximum Gasteiger partial charge on any atom is 0.416 e. The molecular weight excluding hydrogens is 542 g/mol. The molecule has 0 aliphatic carbocycles. The van der Waals surface area contributed by atoms with Gasteiger partial charge in [0.1, 0.15) is 5.82 Å². The number of aliphatic imine (C=N–C) groups is 2. The van der Waals surface area contributed by atoms with Crippen molar-refractivity contribution in [1.29, 1.82) is 0 Å². The predicted molar refractivity (Wildman–Crippen MR) is 141 cm³/mol. The number of nitrogens with zero attached hydrogens (tertiary/aromatic N) is 4. The molecule has 3 unspecified atom stereocenters. The highest BCUT2D eigenvalue weighted by Crippen LogP contribution is 2.35. The quantitative estimate of drug-likeness (QED) is 0.459. The lowest BCUT2D eigenvalue weighted by molar-refractivity contribution is -0.137. The van der Waals surface area contributed by atoms with E-state index in [2.05, 4.69) is 20.6 Å². The van der Waals surface area contributed by atoms with Crippen molar-refractivity contribution in [2.45, 2.75) is 36.9 Å². The minimum Gasteiger partial charge on any atom is -0.368 e. The second-order valence-corrected chi connectivity index (χ2v) is 9.67. The molecule has 208 valence electrons. The minimum absolute atomic E-state index is 0.0329. The number of urea groups is 1. The molecule has 2 heterocycles. The summed E-state index contributed by atoms with van der Waals surface area (Å²) in [6.45, 7) is 0.657. The highest BCUT2D eigenvalue weighted by Gasteiger charge is 2.49. The number of nitrogens with two attached hydrogens (primary N) is 1. The molecular formula is C25H26ClF4N7O2. The molecule has 39 heavy (non-hydrogen) atoms. The minimum atomic E-state index is -4.63. The van der Waals surface area contributed by atoms with Crippen molar-refractivity contribution >= 4 is 47.3 Å². The summed E-state index contributed by atoms with van der Waals surface area (Å²) in [7, 11) is 1.34. The average Bonchev–Trinajstić information content (AvgIpc) is 2.89. The number of hydrogen-bond donors (Lipinski definition) is 3. The fourth-order valence-electron chi connectivity index (χ4n) is 4.62. The zero-order chi connectivity index (χ0) is 28.4. The van der Waals surface area contributed by atoms with Crippen molar-refractivity contribution < 1.29 is 27.2 Å². The number of amides is 3. The number of carbonyl (C=O) groups is 2. The van der Waals surface area contributed by atoms with Crippen LogP contribution in [-0.2, 0) is 11.0 Å². The Bertz CT molecular complexity index is 1290. The number of nitrogens with one attached hydrogen (secondary N) is 2. The summed E-state index contributed by atoms with van der Waals surface area (Å²) in [6, 6.07) is 6.11. The lowest BCUT2D eigenvalue weighted by Crippen LogP contribution is -2.68. The first-order valence-corrected chi connectivity index (χ1v) is 12.3. The van der Waals surface area contributed by atoms with Crippen LogP contribution >= 0.6 is 11.6 Å². The lowest BCUT2D eigenvalue weighted by atomic mass is 9.98. The second-order valence-electron chi connectivity index (χ2n) is 9.23. The molecule has 2 aromatic carbocycles. The van der Waals surface area contributed by atoms with Gasteiger partial charge in [-0.3, -0.25) is 19.6 Å². The summed E-state index contributed by atoms with van der Waals surface area (Å²) < 4.78 is 53.2. The molecule has 0 bridgehead atoms. The van der Waals surface area contributed by atoms with E-state index in [-0.39, 0.29) is 17.3 Å². The molecule has 0 radical (unpaired) electrons. The average molecular weight is 568 g/mol. The Morgan fingerprint density at radius 1 is 1.18 bits per heavy atom. The van der Waals surface area contributed by atoms with Crippen molar-refractivity contribution in [1.82, 2.24) is 10.2 Å². The van der Waals surface area contributed by atoms with Crippen LogP contribution in [-0.4, -0.2) is 67.3 Å². The Labute approximate surface area is 226 Å². The van der Waals surface area contributed by atoms with E-state index in [1.165, 1.54) is 49.8 Å². The van der Waals surface area contributed by atoms with Gasteiger partial charge in [0.15, 0.2) is 6.04 Å². The van der Waals surface area contributed by atoms with Crippen molar-refractivity contribution in [3.63, 3.8) is 0 Å². The number of hydrogen-bond acceptors (Lipinski definition) is 6. The normalized spacial score (nSPS) is 23.3. The van der Waals surface area contributed by atoms with Gasteiger partial charge in [0, 0.05) is 55.0 Å².